The number of piperidine rings is 1. The number of anilines is 2. The number of likely N-dealkylation sites (tertiary alicyclic amines) is 1. The van der Waals surface area contributed by atoms with Crippen LogP contribution >= 0.6 is 11.8 Å². The quantitative estimate of drug-likeness (QED) is 0.180. The van der Waals surface area contributed by atoms with E-state index in [4.69, 9.17) is 0 Å². The van der Waals surface area contributed by atoms with E-state index in [0.717, 1.165) is 6.54 Å². The number of amides is 1. The Morgan fingerprint density at radius 3 is 2.83 bits per heavy atom. The van der Waals surface area contributed by atoms with Crippen LogP contribution in [0.2, 0.25) is 0 Å². The lowest BCUT2D eigenvalue weighted by atomic mass is 10.0. The fourth-order valence-electron chi connectivity index (χ4n) is 4.73. The highest BCUT2D eigenvalue weighted by Crippen LogP contribution is 2.40. The molecule has 0 saturated carbocycles. The summed E-state index contributed by atoms with van der Waals surface area (Å²) in [5.74, 6) is 5.48. The normalized spacial score (nSPS) is 17.9. The molecule has 1 aliphatic rings. The Morgan fingerprint density at radius 1 is 1.25 bits per heavy atom. The van der Waals surface area contributed by atoms with Gasteiger partial charge in [-0.3, -0.25) is 4.79 Å². The van der Waals surface area contributed by atoms with Gasteiger partial charge < -0.3 is 29.7 Å². The number of carbonyl (C=O) groups is 1. The van der Waals surface area contributed by atoms with E-state index in [9.17, 15) is 22.4 Å². The second-order valence-electron chi connectivity index (χ2n) is 9.44. The third kappa shape index (κ3) is 5.97. The highest BCUT2D eigenvalue weighted by atomic mass is 32.2. The lowest BCUT2D eigenvalue weighted by molar-refractivity contribution is -0.0329. The van der Waals surface area contributed by atoms with Crippen LogP contribution in [0, 0.1) is 11.8 Å². The Labute approximate surface area is 232 Å². The first-order valence-electron chi connectivity index (χ1n) is 12.5. The minimum Gasteiger partial charge on any atom is -0.378 e. The third-order valence-corrected chi connectivity index (χ3v) is 7.47. The molecule has 5 heterocycles. The Balaban J connectivity index is 1.43. The van der Waals surface area contributed by atoms with Crippen LogP contribution in [0.25, 0.3) is 11.2 Å². The van der Waals surface area contributed by atoms with Crippen LogP contribution in [0.15, 0.2) is 54.1 Å². The van der Waals surface area contributed by atoms with E-state index in [2.05, 4.69) is 32.8 Å². The predicted octanol–water partition coefficient (Wildman–Crippen LogP) is 4.48. The Morgan fingerprint density at radius 2 is 2.08 bits per heavy atom. The number of aromatic nitrogens is 3. The summed E-state index contributed by atoms with van der Waals surface area (Å²) in [7, 11) is 3.38. The van der Waals surface area contributed by atoms with Crippen molar-refractivity contribution in [3.05, 3.63) is 60.2 Å². The number of hydrogen-bond donors (Lipinski definition) is 3. The molecule has 5 rings (SSSR count). The summed E-state index contributed by atoms with van der Waals surface area (Å²) in [5, 5.41) is 8.81. The van der Waals surface area contributed by atoms with Crippen LogP contribution in [0.4, 0.5) is 28.9 Å². The fraction of sp³-hybridized carbons (Fsp3) is 0.333. The van der Waals surface area contributed by atoms with Gasteiger partial charge in [0.05, 0.1) is 40.6 Å². The molecule has 4 aromatic rings. The van der Waals surface area contributed by atoms with Gasteiger partial charge in [0.15, 0.2) is 5.65 Å². The summed E-state index contributed by atoms with van der Waals surface area (Å²) in [6.45, 7) is 1.10. The highest BCUT2D eigenvalue weighted by molar-refractivity contribution is 8.00. The summed E-state index contributed by atoms with van der Waals surface area (Å²) in [4.78, 5) is 18.3. The van der Waals surface area contributed by atoms with Crippen molar-refractivity contribution >= 4 is 40.2 Å². The number of thioether (sulfide) groups is 1. The van der Waals surface area contributed by atoms with Gasteiger partial charge in [0.2, 0.25) is 0 Å². The third-order valence-electron chi connectivity index (χ3n) is 6.63. The molecular weight excluding hydrogens is 546 g/mol. The average molecular weight is 574 g/mol. The van der Waals surface area contributed by atoms with Crippen LogP contribution in [0.3, 0.4) is 0 Å². The van der Waals surface area contributed by atoms with Gasteiger partial charge in [0.1, 0.15) is 11.2 Å². The number of pyridine rings is 2. The second-order valence-corrected chi connectivity index (χ2v) is 10.5. The molecule has 40 heavy (non-hydrogen) atoms. The van der Waals surface area contributed by atoms with Gasteiger partial charge >= 0.3 is 5.51 Å². The van der Waals surface area contributed by atoms with E-state index in [1.54, 1.807) is 53.5 Å². The lowest BCUT2D eigenvalue weighted by Gasteiger charge is -2.33. The molecule has 0 bridgehead atoms. The van der Waals surface area contributed by atoms with Crippen molar-refractivity contribution in [3.8, 4) is 11.8 Å². The van der Waals surface area contributed by atoms with Gasteiger partial charge in [-0.2, -0.15) is 13.2 Å². The van der Waals surface area contributed by atoms with Gasteiger partial charge in [0, 0.05) is 56.7 Å². The molecule has 4 aromatic heterocycles. The maximum Gasteiger partial charge on any atom is 0.447 e. The molecule has 1 amide bonds. The standard InChI is InChI=1S/C27H27F4N7OS/c1-32-25(39)18-13-22(24-34-9-12-37(24)15-18)33-8-3-5-17-14-23-21(35-20-7-11-36(2)16-19(20)28)6-4-10-38(23)26(17)40-27(29,30)31/h4,6,9-10,12-15,19-20,33,35H,7-8,11,16H2,1-2H3,(H,32,39)/t19-,20+/m0/s1. The van der Waals surface area contributed by atoms with Crippen molar-refractivity contribution in [1.29, 1.82) is 0 Å². The van der Waals surface area contributed by atoms with Crippen molar-refractivity contribution < 1.29 is 22.4 Å². The molecule has 2 atom stereocenters. The molecular formula is C27H27F4N7OS. The molecule has 0 unspecified atom stereocenters. The Kier molecular flexibility index (Phi) is 7.82. The number of carbonyl (C=O) groups excluding carboxylic acids is 1. The molecule has 0 aromatic carbocycles. The number of imidazole rings is 1. The number of rotatable bonds is 6. The van der Waals surface area contributed by atoms with Crippen molar-refractivity contribution in [2.45, 2.75) is 29.2 Å². The van der Waals surface area contributed by atoms with Crippen molar-refractivity contribution in [1.82, 2.24) is 24.0 Å². The highest BCUT2D eigenvalue weighted by Gasteiger charge is 2.33. The van der Waals surface area contributed by atoms with Gasteiger partial charge in [-0.1, -0.05) is 11.8 Å². The first-order valence-corrected chi connectivity index (χ1v) is 13.3. The molecule has 0 aliphatic carbocycles. The van der Waals surface area contributed by atoms with E-state index in [1.165, 1.54) is 11.4 Å². The molecule has 0 spiro atoms. The van der Waals surface area contributed by atoms with E-state index < -0.39 is 17.7 Å². The molecule has 13 heteroatoms. The monoisotopic (exact) mass is 573 g/mol. The second kappa shape index (κ2) is 11.3. The number of alkyl halides is 4. The van der Waals surface area contributed by atoms with Crippen LogP contribution in [-0.4, -0.2) is 76.0 Å². The molecule has 1 fully saturated rings. The number of hydrogen-bond acceptors (Lipinski definition) is 6. The molecule has 1 aliphatic heterocycles. The summed E-state index contributed by atoms with van der Waals surface area (Å²) >= 11 is -0.242. The Hall–Kier alpha value is -3.89. The molecule has 8 nitrogen and oxygen atoms in total. The molecule has 3 N–H and O–H groups in total. The summed E-state index contributed by atoms with van der Waals surface area (Å²) in [5.41, 5.74) is -1.77. The van der Waals surface area contributed by atoms with E-state index in [0.29, 0.717) is 34.5 Å². The van der Waals surface area contributed by atoms with Crippen molar-refractivity contribution in [2.24, 2.45) is 0 Å². The summed E-state index contributed by atoms with van der Waals surface area (Å²) in [6.07, 6.45) is 5.95. The Bertz CT molecular complexity index is 1600. The van der Waals surface area contributed by atoms with E-state index in [1.807, 2.05) is 11.9 Å². The topological polar surface area (TPSA) is 78.1 Å². The van der Waals surface area contributed by atoms with Gasteiger partial charge in [-0.25, -0.2) is 9.37 Å². The fourth-order valence-corrected chi connectivity index (χ4v) is 5.42. The first kappa shape index (κ1) is 27.7. The largest absolute Gasteiger partial charge is 0.447 e. The predicted molar refractivity (Wildman–Crippen MR) is 148 cm³/mol. The minimum absolute atomic E-state index is 0.0731. The van der Waals surface area contributed by atoms with Crippen molar-refractivity contribution in [2.75, 3.05) is 44.4 Å². The molecule has 210 valence electrons. The van der Waals surface area contributed by atoms with Gasteiger partial charge in [-0.15, -0.1) is 0 Å². The van der Waals surface area contributed by atoms with Crippen LogP contribution < -0.4 is 16.0 Å². The maximum atomic E-state index is 14.7. The zero-order valence-electron chi connectivity index (χ0n) is 21.7. The van der Waals surface area contributed by atoms with E-state index in [-0.39, 0.29) is 41.3 Å². The maximum absolute atomic E-state index is 14.7. The average Bonchev–Trinajstić information content (AvgIpc) is 3.52. The zero-order chi connectivity index (χ0) is 28.4. The molecule has 1 saturated heterocycles. The number of nitrogens with one attached hydrogen (secondary N) is 3. The zero-order valence-corrected chi connectivity index (χ0v) is 22.5. The summed E-state index contributed by atoms with van der Waals surface area (Å²) < 4.78 is 58.4. The van der Waals surface area contributed by atoms with Crippen LogP contribution in [-0.2, 0) is 0 Å². The SMILES string of the molecule is CNC(=O)c1cc(NCC#Cc2cc3c(N[C@@H]4CCN(C)C[C@@H]4F)cccn3c2SC(F)(F)F)c2nccn2c1. The lowest BCUT2D eigenvalue weighted by Crippen LogP contribution is -2.46. The summed E-state index contributed by atoms with van der Waals surface area (Å²) in [6, 6.07) is 6.15. The van der Waals surface area contributed by atoms with E-state index >= 15 is 0 Å². The van der Waals surface area contributed by atoms with Crippen molar-refractivity contribution in [3.63, 3.8) is 0 Å². The van der Waals surface area contributed by atoms with Crippen LogP contribution in [0.1, 0.15) is 22.3 Å². The van der Waals surface area contributed by atoms with Crippen LogP contribution in [0.5, 0.6) is 0 Å². The molecule has 0 radical (unpaired) electrons. The van der Waals surface area contributed by atoms with Gasteiger partial charge in [0.25, 0.3) is 5.91 Å². The number of fused-ring (bicyclic) bond motifs is 2. The smallest absolute Gasteiger partial charge is 0.378 e. The number of nitrogens with zero attached hydrogens (tertiary/aromatic N) is 4. The minimum atomic E-state index is -4.53. The number of halogens is 4. The first-order chi connectivity index (χ1) is 19.1. The van der Waals surface area contributed by atoms with Gasteiger partial charge in [-0.05, 0) is 37.7 Å².